The summed E-state index contributed by atoms with van der Waals surface area (Å²) in [5, 5.41) is 25.4. The zero-order valence-corrected chi connectivity index (χ0v) is 53.7. The Bertz CT molecular complexity index is 4060. The first kappa shape index (κ1) is 66.3. The van der Waals surface area contributed by atoms with E-state index in [2.05, 4.69) is 19.9 Å². The Morgan fingerprint density at radius 2 is 0.903 bits per heavy atom. The number of ether oxygens (including phenoxy) is 7. The molecule has 3 aromatic heterocycles. The third-order valence-corrected chi connectivity index (χ3v) is 17.9. The lowest BCUT2D eigenvalue weighted by molar-refractivity contribution is 0.00464. The van der Waals surface area contributed by atoms with Crippen LogP contribution in [-0.4, -0.2) is 167 Å². The summed E-state index contributed by atoms with van der Waals surface area (Å²) in [6, 6.07) is 39.1. The van der Waals surface area contributed by atoms with Crippen molar-refractivity contribution in [3.63, 3.8) is 0 Å². The molecule has 490 valence electrons. The van der Waals surface area contributed by atoms with Crippen LogP contribution in [0.5, 0.6) is 17.2 Å². The maximum Gasteiger partial charge on any atom is 0.410 e. The number of hydrogen-bond acceptors (Lipinski definition) is 13. The standard InChI is InChI=1S/C27H32ClN3O5.C23H23ClN2O4.C20H19ClN2O3.CH4/c1-2-35-27(33)31-10-9-22-23-15-19(28)5-8-24(23)29-25(22)26(31)18-3-6-21(7-4-18)36-17-20(32)16-30-11-13-34-14-12-30;1-2-28-23(27)26-10-9-18-19-11-15(24)5-8-20(19)25-21(18)22(26)14-3-6-16(7-4-14)29-12-17-13-30-17;1-2-26-20(25)23-10-9-15-16-11-13(21)5-8-17(16)22-18(15)19(23)12-3-6-14(24)7-4-12;/h3-8,15,20,26,29,32H,2,9-14,16-17H2,1H3;3-8,11,17,22,25H,2,9-10,12-13H2,1H3;3-8,11,19,22,24H,2,9-10H2,1H3;1H4. The molecule has 0 bridgehead atoms. The van der Waals surface area contributed by atoms with Crippen molar-refractivity contribution in [2.45, 2.75) is 77.8 Å². The second-order valence-corrected chi connectivity index (χ2v) is 24.4. The van der Waals surface area contributed by atoms with Crippen LogP contribution < -0.4 is 9.47 Å². The number of H-pyrrole nitrogens is 3. The molecule has 2 saturated heterocycles. The van der Waals surface area contributed by atoms with Crippen LogP contribution in [-0.2, 0) is 42.9 Å². The second kappa shape index (κ2) is 29.9. The van der Waals surface area contributed by atoms with E-state index in [4.69, 9.17) is 68.0 Å². The highest BCUT2D eigenvalue weighted by Crippen LogP contribution is 2.43. The summed E-state index contributed by atoms with van der Waals surface area (Å²) < 4.78 is 38.2. The topological polar surface area (TPSA) is 220 Å². The number of aliphatic hydroxyl groups excluding tert-OH is 1. The van der Waals surface area contributed by atoms with Crippen molar-refractivity contribution in [2.75, 3.05) is 92.1 Å². The Morgan fingerprint density at radius 3 is 1.27 bits per heavy atom. The molecule has 5 aliphatic rings. The van der Waals surface area contributed by atoms with Gasteiger partial charge < -0.3 is 58.3 Å². The molecule has 8 heterocycles. The van der Waals surface area contributed by atoms with Gasteiger partial charge in [0.15, 0.2) is 0 Å². The van der Waals surface area contributed by atoms with Gasteiger partial charge in [-0.05, 0) is 164 Å². The number of morpholine rings is 1. The van der Waals surface area contributed by atoms with Gasteiger partial charge in [-0.3, -0.25) is 19.6 Å². The van der Waals surface area contributed by atoms with Crippen molar-refractivity contribution < 1.29 is 57.8 Å². The zero-order chi connectivity index (χ0) is 64.0. The molecule has 0 aliphatic carbocycles. The predicted molar refractivity (Wildman–Crippen MR) is 359 cm³/mol. The average molecular weight is 1330 g/mol. The van der Waals surface area contributed by atoms with Gasteiger partial charge in [0.2, 0.25) is 0 Å². The van der Waals surface area contributed by atoms with Crippen molar-refractivity contribution in [1.82, 2.24) is 34.6 Å². The summed E-state index contributed by atoms with van der Waals surface area (Å²) in [5.41, 5.74) is 12.3. The molecule has 0 spiro atoms. The lowest BCUT2D eigenvalue weighted by atomic mass is 9.92. The van der Waals surface area contributed by atoms with E-state index < -0.39 is 6.10 Å². The first-order valence-corrected chi connectivity index (χ1v) is 32.4. The molecule has 14 rings (SSSR count). The number of carbonyl (C=O) groups excluding carboxylic acids is 3. The minimum atomic E-state index is -0.582. The van der Waals surface area contributed by atoms with Gasteiger partial charge in [-0.1, -0.05) is 78.6 Å². The molecular weight excluding hydrogens is 1250 g/mol. The van der Waals surface area contributed by atoms with Crippen molar-refractivity contribution in [1.29, 1.82) is 0 Å². The summed E-state index contributed by atoms with van der Waals surface area (Å²) in [6.45, 7) is 13.2. The molecule has 5 aliphatic heterocycles. The number of benzene rings is 6. The highest BCUT2D eigenvalue weighted by atomic mass is 35.5. The number of phenolic OH excluding ortho intramolecular Hbond substituents is 1. The fourth-order valence-corrected chi connectivity index (χ4v) is 13.4. The molecule has 19 nitrogen and oxygen atoms in total. The first-order valence-electron chi connectivity index (χ1n) is 31.3. The molecule has 3 amide bonds. The Hall–Kier alpha value is -8.14. The maximum absolute atomic E-state index is 12.9. The van der Waals surface area contributed by atoms with Crippen molar-refractivity contribution in [2.24, 2.45) is 0 Å². The predicted octanol–water partition coefficient (Wildman–Crippen LogP) is 14.0. The van der Waals surface area contributed by atoms with E-state index >= 15 is 0 Å². The van der Waals surface area contributed by atoms with Gasteiger partial charge in [0.1, 0.15) is 60.8 Å². The van der Waals surface area contributed by atoms with Crippen LogP contribution in [0.2, 0.25) is 15.1 Å². The molecule has 6 aromatic carbocycles. The molecule has 0 saturated carbocycles. The molecular formula is C71H78Cl3N7O12. The van der Waals surface area contributed by atoms with E-state index in [1.165, 1.54) is 16.7 Å². The fourth-order valence-electron chi connectivity index (χ4n) is 12.9. The van der Waals surface area contributed by atoms with Crippen LogP contribution in [0.4, 0.5) is 14.4 Å². The fraction of sp³-hybridized carbons (Fsp3) is 0.366. The Morgan fingerprint density at radius 1 is 0.538 bits per heavy atom. The van der Waals surface area contributed by atoms with E-state index in [-0.39, 0.29) is 62.3 Å². The molecule has 9 aromatic rings. The normalized spacial score (nSPS) is 18.5. The number of phenols is 1. The van der Waals surface area contributed by atoms with Crippen LogP contribution in [0, 0.1) is 0 Å². The van der Waals surface area contributed by atoms with Crippen LogP contribution in [0.1, 0.15) is 96.8 Å². The lowest BCUT2D eigenvalue weighted by Gasteiger charge is -2.35. The summed E-state index contributed by atoms with van der Waals surface area (Å²) >= 11 is 18.7. The SMILES string of the molecule is C.CCOC(=O)N1CCc2c([nH]c3ccc(Cl)cc23)C1c1ccc(O)cc1.CCOC(=O)N1CCc2c([nH]c3ccc(Cl)cc23)C1c1ccc(OCC(O)CN2CCOCC2)cc1.CCOC(=O)N1CCc2c([nH]c3ccc(Cl)cc23)C1c1ccc(OCC2CO2)cc1. The van der Waals surface area contributed by atoms with E-state index in [1.54, 1.807) is 33.8 Å². The molecule has 5 N–H and O–H groups in total. The highest BCUT2D eigenvalue weighted by Gasteiger charge is 2.39. The van der Waals surface area contributed by atoms with Crippen molar-refractivity contribution >= 4 is 85.8 Å². The van der Waals surface area contributed by atoms with Crippen LogP contribution in [0.25, 0.3) is 32.7 Å². The third-order valence-electron chi connectivity index (χ3n) is 17.2. The van der Waals surface area contributed by atoms with Crippen LogP contribution in [0.15, 0.2) is 127 Å². The molecule has 22 heteroatoms. The molecule has 5 atom stereocenters. The van der Waals surface area contributed by atoms with Gasteiger partial charge in [0.25, 0.3) is 0 Å². The number of nitrogens with zero attached hydrogens (tertiary/aromatic N) is 4. The number of fused-ring (bicyclic) bond motifs is 9. The molecule has 5 unspecified atom stereocenters. The quantitative estimate of drug-likeness (QED) is 0.0506. The third kappa shape index (κ3) is 15.0. The van der Waals surface area contributed by atoms with E-state index in [0.717, 1.165) is 105 Å². The zero-order valence-electron chi connectivity index (χ0n) is 51.4. The number of amides is 3. The Balaban J connectivity index is 0.000000144. The number of nitrogens with one attached hydrogen (secondary N) is 3. The van der Waals surface area contributed by atoms with Crippen LogP contribution in [0.3, 0.4) is 0 Å². The number of aromatic hydroxyl groups is 1. The van der Waals surface area contributed by atoms with E-state index in [0.29, 0.717) is 93.1 Å². The van der Waals surface area contributed by atoms with Gasteiger partial charge >= 0.3 is 18.3 Å². The van der Waals surface area contributed by atoms with E-state index in [1.807, 2.05) is 129 Å². The molecule has 93 heavy (non-hydrogen) atoms. The summed E-state index contributed by atoms with van der Waals surface area (Å²) in [4.78, 5) is 56.1. The number of aromatic nitrogens is 3. The van der Waals surface area contributed by atoms with Crippen molar-refractivity contribution in [3.8, 4) is 17.2 Å². The van der Waals surface area contributed by atoms with Gasteiger partial charge in [-0.15, -0.1) is 0 Å². The number of aromatic amines is 3. The lowest BCUT2D eigenvalue weighted by Crippen LogP contribution is -2.42. The van der Waals surface area contributed by atoms with E-state index in [9.17, 15) is 24.6 Å². The van der Waals surface area contributed by atoms with Crippen molar-refractivity contribution in [3.05, 3.63) is 193 Å². The number of epoxide rings is 1. The Kier molecular flexibility index (Phi) is 21.3. The minimum Gasteiger partial charge on any atom is -0.508 e. The number of halogens is 3. The maximum atomic E-state index is 12.9. The summed E-state index contributed by atoms with van der Waals surface area (Å²) in [6.07, 6.45) is 0.828. The largest absolute Gasteiger partial charge is 0.508 e. The summed E-state index contributed by atoms with van der Waals surface area (Å²) in [7, 11) is 0. The number of carbonyl (C=O) groups is 3. The number of hydrogen-bond donors (Lipinski definition) is 5. The van der Waals surface area contributed by atoms with Gasteiger partial charge in [0.05, 0.1) is 39.6 Å². The number of aliphatic hydroxyl groups is 1. The molecule has 0 radical (unpaired) electrons. The monoisotopic (exact) mass is 1330 g/mol. The van der Waals surface area contributed by atoms with Gasteiger partial charge in [0, 0.05) is 104 Å². The number of β-amino-alcohol motifs (C(OH)–C–C–N with tert-alkyl or cyclic N) is 1. The van der Waals surface area contributed by atoms with Gasteiger partial charge in [-0.2, -0.15) is 0 Å². The summed E-state index contributed by atoms with van der Waals surface area (Å²) in [5.74, 6) is 1.65. The minimum absolute atomic E-state index is 0. The van der Waals surface area contributed by atoms with Gasteiger partial charge in [-0.25, -0.2) is 14.4 Å². The first-order chi connectivity index (χ1) is 44.7. The van der Waals surface area contributed by atoms with Crippen LogP contribution >= 0.6 is 34.8 Å². The molecule has 2 fully saturated rings. The number of rotatable bonds is 14. The highest BCUT2D eigenvalue weighted by molar-refractivity contribution is 6.32. The Labute approximate surface area is 555 Å². The second-order valence-electron chi connectivity index (χ2n) is 23.1. The average Bonchev–Trinajstić information content (AvgIpc) is 1.65. The smallest absolute Gasteiger partial charge is 0.410 e.